The minimum Gasteiger partial charge on any atom is -0.325 e. The molecule has 0 saturated carbocycles. The Morgan fingerprint density at radius 2 is 1.96 bits per heavy atom. The normalized spacial score (nSPS) is 12.3. The molecule has 3 nitrogen and oxygen atoms in total. The summed E-state index contributed by atoms with van der Waals surface area (Å²) >= 11 is 3.18. The Kier molecular flexibility index (Phi) is 4.98. The molecule has 1 atom stereocenters. The second kappa shape index (κ2) is 7.15. The van der Waals surface area contributed by atoms with E-state index in [0.29, 0.717) is 0 Å². The van der Waals surface area contributed by atoms with Crippen LogP contribution in [0.5, 0.6) is 0 Å². The van der Waals surface area contributed by atoms with Gasteiger partial charge in [-0.1, -0.05) is 48.5 Å². The van der Waals surface area contributed by atoms with Crippen LogP contribution < -0.4 is 5.32 Å². The molecular formula is C18H18N2OS2. The third-order valence-electron chi connectivity index (χ3n) is 3.50. The van der Waals surface area contributed by atoms with Crippen molar-refractivity contribution in [2.75, 3.05) is 5.32 Å². The number of fused-ring (bicyclic) bond motifs is 1. The Morgan fingerprint density at radius 3 is 2.65 bits per heavy atom. The van der Waals surface area contributed by atoms with Crippen LogP contribution in [-0.2, 0) is 4.79 Å². The number of hydrogen-bond donors (Lipinski definition) is 1. The zero-order chi connectivity index (χ0) is 16.2. The first-order valence-electron chi connectivity index (χ1n) is 7.55. The number of amides is 1. The first-order chi connectivity index (χ1) is 11.2. The number of hydrogen-bond acceptors (Lipinski definition) is 4. The van der Waals surface area contributed by atoms with Crippen LogP contribution in [0.4, 0.5) is 5.69 Å². The van der Waals surface area contributed by atoms with Gasteiger partial charge in [0.25, 0.3) is 0 Å². The molecule has 0 aliphatic carbocycles. The lowest BCUT2D eigenvalue weighted by molar-refractivity contribution is -0.115. The Hall–Kier alpha value is -1.85. The van der Waals surface area contributed by atoms with Crippen molar-refractivity contribution in [3.8, 4) is 0 Å². The zero-order valence-corrected chi connectivity index (χ0v) is 14.7. The first kappa shape index (κ1) is 16.0. The van der Waals surface area contributed by atoms with Crippen LogP contribution >= 0.6 is 23.1 Å². The second-order valence-electron chi connectivity index (χ2n) is 5.32. The summed E-state index contributed by atoms with van der Waals surface area (Å²) < 4.78 is 2.10. The number of nitrogens with one attached hydrogen (secondary N) is 1. The predicted octanol–water partition coefficient (Wildman–Crippen LogP) is 5.11. The summed E-state index contributed by atoms with van der Waals surface area (Å²) in [7, 11) is 0. The van der Waals surface area contributed by atoms with E-state index in [1.165, 1.54) is 5.56 Å². The summed E-state index contributed by atoms with van der Waals surface area (Å²) in [6, 6.07) is 15.9. The van der Waals surface area contributed by atoms with E-state index in [-0.39, 0.29) is 11.2 Å². The number of para-hydroxylation sites is 1. The minimum absolute atomic E-state index is 0.0283. The Bertz CT molecular complexity index is 778. The Balaban J connectivity index is 1.71. The molecule has 118 valence electrons. The molecule has 3 rings (SSSR count). The molecular weight excluding hydrogens is 324 g/mol. The van der Waals surface area contributed by atoms with Crippen LogP contribution in [0.3, 0.4) is 0 Å². The molecule has 0 fully saturated rings. The van der Waals surface area contributed by atoms with Crippen LogP contribution in [0.2, 0.25) is 0 Å². The van der Waals surface area contributed by atoms with E-state index in [9.17, 15) is 4.79 Å². The van der Waals surface area contributed by atoms with Crippen molar-refractivity contribution in [3.05, 3.63) is 54.1 Å². The molecule has 0 aliphatic rings. The second-order valence-corrected chi connectivity index (χ2v) is 7.80. The standard InChI is InChI=1S/C18H18N2OS2/c1-3-15(17(21)19-13-10-8-12(2)9-11-13)22-18-20-14-6-4-5-7-16(14)23-18/h4-11,15H,3H2,1-2H3,(H,19,21). The molecule has 1 amide bonds. The van der Waals surface area contributed by atoms with Gasteiger partial charge in [-0.15, -0.1) is 11.3 Å². The van der Waals surface area contributed by atoms with Crippen molar-refractivity contribution in [1.29, 1.82) is 0 Å². The van der Waals surface area contributed by atoms with Gasteiger partial charge in [0.1, 0.15) is 0 Å². The van der Waals surface area contributed by atoms with E-state index in [2.05, 4.69) is 16.4 Å². The molecule has 0 bridgehead atoms. The number of carbonyl (C=O) groups excluding carboxylic acids is 1. The fraction of sp³-hybridized carbons (Fsp3) is 0.222. The molecule has 1 heterocycles. The fourth-order valence-corrected chi connectivity index (χ4v) is 4.44. The van der Waals surface area contributed by atoms with Crippen molar-refractivity contribution in [2.24, 2.45) is 0 Å². The maximum Gasteiger partial charge on any atom is 0.237 e. The van der Waals surface area contributed by atoms with E-state index >= 15 is 0 Å². The lowest BCUT2D eigenvalue weighted by Gasteiger charge is -2.13. The number of thiazole rings is 1. The molecule has 5 heteroatoms. The van der Waals surface area contributed by atoms with Crippen LogP contribution in [0, 0.1) is 6.92 Å². The number of benzene rings is 2. The first-order valence-corrected chi connectivity index (χ1v) is 9.25. The lowest BCUT2D eigenvalue weighted by Crippen LogP contribution is -2.24. The van der Waals surface area contributed by atoms with Crippen molar-refractivity contribution >= 4 is 44.9 Å². The number of carbonyl (C=O) groups is 1. The number of thioether (sulfide) groups is 1. The van der Waals surface area contributed by atoms with Gasteiger partial charge in [0.15, 0.2) is 4.34 Å². The van der Waals surface area contributed by atoms with Gasteiger partial charge < -0.3 is 5.32 Å². The maximum atomic E-state index is 12.5. The number of nitrogens with zero attached hydrogens (tertiary/aromatic N) is 1. The van der Waals surface area contributed by atoms with Gasteiger partial charge in [0, 0.05) is 5.69 Å². The van der Waals surface area contributed by atoms with Crippen LogP contribution in [0.15, 0.2) is 52.9 Å². The fourth-order valence-electron chi connectivity index (χ4n) is 2.21. The molecule has 0 radical (unpaired) electrons. The van der Waals surface area contributed by atoms with Crippen LogP contribution in [0.25, 0.3) is 10.2 Å². The summed E-state index contributed by atoms with van der Waals surface area (Å²) in [5.41, 5.74) is 3.01. The van der Waals surface area contributed by atoms with Crippen LogP contribution in [0.1, 0.15) is 18.9 Å². The number of rotatable bonds is 5. The molecule has 2 aromatic carbocycles. The lowest BCUT2D eigenvalue weighted by atomic mass is 10.2. The highest BCUT2D eigenvalue weighted by molar-refractivity contribution is 8.02. The number of aryl methyl sites for hydroxylation is 1. The van der Waals surface area contributed by atoms with E-state index < -0.39 is 0 Å². The quantitative estimate of drug-likeness (QED) is 0.655. The Morgan fingerprint density at radius 1 is 1.22 bits per heavy atom. The Labute approximate surface area is 144 Å². The molecule has 0 saturated heterocycles. The topological polar surface area (TPSA) is 42.0 Å². The van der Waals surface area contributed by atoms with Crippen molar-refractivity contribution in [2.45, 2.75) is 29.9 Å². The highest BCUT2D eigenvalue weighted by Crippen LogP contribution is 2.33. The third kappa shape index (κ3) is 3.92. The van der Waals surface area contributed by atoms with E-state index in [1.54, 1.807) is 23.1 Å². The molecule has 0 aliphatic heterocycles. The number of aromatic nitrogens is 1. The average Bonchev–Trinajstić information content (AvgIpc) is 2.97. The van der Waals surface area contributed by atoms with Gasteiger partial charge in [0.05, 0.1) is 15.5 Å². The molecule has 1 N–H and O–H groups in total. The third-order valence-corrected chi connectivity index (χ3v) is 5.99. The summed E-state index contributed by atoms with van der Waals surface area (Å²) in [4.78, 5) is 17.1. The highest BCUT2D eigenvalue weighted by atomic mass is 32.2. The van der Waals surface area contributed by atoms with Gasteiger partial charge in [0.2, 0.25) is 5.91 Å². The summed E-state index contributed by atoms with van der Waals surface area (Å²) in [5, 5.41) is 2.85. The van der Waals surface area contributed by atoms with Crippen molar-refractivity contribution in [1.82, 2.24) is 4.98 Å². The smallest absolute Gasteiger partial charge is 0.237 e. The largest absolute Gasteiger partial charge is 0.325 e. The van der Waals surface area contributed by atoms with E-state index in [1.807, 2.05) is 56.3 Å². The highest BCUT2D eigenvalue weighted by Gasteiger charge is 2.20. The molecule has 1 unspecified atom stereocenters. The van der Waals surface area contributed by atoms with Crippen molar-refractivity contribution in [3.63, 3.8) is 0 Å². The summed E-state index contributed by atoms with van der Waals surface area (Å²) in [6.45, 7) is 4.06. The minimum atomic E-state index is -0.142. The van der Waals surface area contributed by atoms with E-state index in [4.69, 9.17) is 0 Å². The summed E-state index contributed by atoms with van der Waals surface area (Å²) in [5.74, 6) is 0.0283. The zero-order valence-electron chi connectivity index (χ0n) is 13.1. The number of anilines is 1. The summed E-state index contributed by atoms with van der Waals surface area (Å²) in [6.07, 6.45) is 0.762. The SMILES string of the molecule is CCC(Sc1nc2ccccc2s1)C(=O)Nc1ccc(C)cc1. The molecule has 3 aromatic rings. The van der Waals surface area contributed by atoms with Gasteiger partial charge in [-0.3, -0.25) is 4.79 Å². The van der Waals surface area contributed by atoms with Gasteiger partial charge in [-0.2, -0.15) is 0 Å². The van der Waals surface area contributed by atoms with Gasteiger partial charge in [-0.05, 0) is 37.6 Å². The van der Waals surface area contributed by atoms with Crippen molar-refractivity contribution < 1.29 is 4.79 Å². The maximum absolute atomic E-state index is 12.5. The molecule has 0 spiro atoms. The molecule has 1 aromatic heterocycles. The van der Waals surface area contributed by atoms with Gasteiger partial charge in [-0.25, -0.2) is 4.98 Å². The molecule has 23 heavy (non-hydrogen) atoms. The van der Waals surface area contributed by atoms with E-state index in [0.717, 1.165) is 26.7 Å². The van der Waals surface area contributed by atoms with Gasteiger partial charge >= 0.3 is 0 Å². The monoisotopic (exact) mass is 342 g/mol. The average molecular weight is 342 g/mol. The van der Waals surface area contributed by atoms with Crippen LogP contribution in [-0.4, -0.2) is 16.1 Å². The predicted molar refractivity (Wildman–Crippen MR) is 99.4 cm³/mol.